The van der Waals surface area contributed by atoms with Crippen LogP contribution >= 0.6 is 0 Å². The van der Waals surface area contributed by atoms with Crippen molar-refractivity contribution in [3.63, 3.8) is 0 Å². The van der Waals surface area contributed by atoms with E-state index in [1.165, 1.54) is 0 Å². The molecule has 1 N–H and O–H groups in total. The van der Waals surface area contributed by atoms with Crippen molar-refractivity contribution in [2.24, 2.45) is 0 Å². The van der Waals surface area contributed by atoms with Gasteiger partial charge in [0.2, 0.25) is 5.91 Å². The van der Waals surface area contributed by atoms with Gasteiger partial charge >= 0.3 is 0 Å². The number of pyridine rings is 1. The van der Waals surface area contributed by atoms with Crippen molar-refractivity contribution in [3.05, 3.63) is 30.1 Å². The van der Waals surface area contributed by atoms with Gasteiger partial charge in [-0.05, 0) is 12.1 Å². The molecule has 7 heteroatoms. The summed E-state index contributed by atoms with van der Waals surface area (Å²) >= 11 is 0. The van der Waals surface area contributed by atoms with Crippen molar-refractivity contribution >= 4 is 5.91 Å². The summed E-state index contributed by atoms with van der Waals surface area (Å²) in [5, 5.41) is 2.63. The summed E-state index contributed by atoms with van der Waals surface area (Å²) in [4.78, 5) is 20.5. The monoisotopic (exact) mass is 310 g/mol. The van der Waals surface area contributed by atoms with Crippen LogP contribution in [0.5, 0.6) is 0 Å². The first-order valence-corrected chi connectivity index (χ1v) is 7.56. The summed E-state index contributed by atoms with van der Waals surface area (Å²) < 4.78 is 26.4. The molecule has 0 saturated carbocycles. The predicted octanol–water partition coefficient (Wildman–Crippen LogP) is 0.723. The number of nitrogens with zero attached hydrogens (tertiary/aromatic N) is 3. The maximum atomic E-state index is 13.2. The lowest BCUT2D eigenvalue weighted by Crippen LogP contribution is -2.52. The van der Waals surface area contributed by atoms with Crippen molar-refractivity contribution in [2.45, 2.75) is 24.9 Å². The number of hydrogen-bond acceptors (Lipinski definition) is 4. The number of halogens is 2. The Morgan fingerprint density at radius 1 is 1.32 bits per heavy atom. The van der Waals surface area contributed by atoms with Crippen LogP contribution < -0.4 is 5.32 Å². The second kappa shape index (κ2) is 6.26. The fraction of sp³-hybridized carbons (Fsp3) is 0.600. The van der Waals surface area contributed by atoms with E-state index in [1.54, 1.807) is 11.1 Å². The van der Waals surface area contributed by atoms with E-state index >= 15 is 0 Å². The molecule has 1 aromatic rings. The number of amides is 1. The van der Waals surface area contributed by atoms with Gasteiger partial charge in [-0.25, -0.2) is 8.78 Å². The summed E-state index contributed by atoms with van der Waals surface area (Å²) in [6.07, 6.45) is 1.38. The van der Waals surface area contributed by atoms with Gasteiger partial charge in [0.25, 0.3) is 5.92 Å². The molecule has 0 aromatic carbocycles. The Labute approximate surface area is 128 Å². The van der Waals surface area contributed by atoms with Gasteiger partial charge in [0, 0.05) is 45.3 Å². The zero-order chi connectivity index (χ0) is 15.6. The first-order valence-electron chi connectivity index (χ1n) is 7.56. The maximum absolute atomic E-state index is 13.2. The molecule has 0 bridgehead atoms. The van der Waals surface area contributed by atoms with Crippen LogP contribution in [0.2, 0.25) is 0 Å². The quantitative estimate of drug-likeness (QED) is 0.894. The summed E-state index contributed by atoms with van der Waals surface area (Å²) in [5.74, 6) is -2.96. The molecule has 2 fully saturated rings. The lowest BCUT2D eigenvalue weighted by Gasteiger charge is -2.35. The molecule has 3 heterocycles. The molecule has 2 aliphatic rings. The van der Waals surface area contributed by atoms with Crippen LogP contribution in [0.4, 0.5) is 8.78 Å². The van der Waals surface area contributed by atoms with Gasteiger partial charge in [-0.3, -0.25) is 20.0 Å². The molecule has 1 atom stereocenters. The highest BCUT2D eigenvalue weighted by Gasteiger charge is 2.43. The molecular formula is C15H20F2N4O. The Morgan fingerprint density at radius 3 is 2.68 bits per heavy atom. The van der Waals surface area contributed by atoms with E-state index in [-0.39, 0.29) is 12.3 Å². The van der Waals surface area contributed by atoms with Crippen molar-refractivity contribution < 1.29 is 13.6 Å². The second-order valence-electron chi connectivity index (χ2n) is 5.92. The van der Waals surface area contributed by atoms with Crippen LogP contribution in [-0.2, 0) is 11.3 Å². The molecule has 1 unspecified atom stereocenters. The molecule has 120 valence electrons. The first-order chi connectivity index (χ1) is 10.5. The maximum Gasteiger partial charge on any atom is 0.262 e. The van der Waals surface area contributed by atoms with E-state index in [0.717, 1.165) is 25.3 Å². The number of aromatic nitrogens is 1. The number of carbonyl (C=O) groups is 1. The average Bonchev–Trinajstić information content (AvgIpc) is 2.88. The van der Waals surface area contributed by atoms with Crippen LogP contribution in [0, 0.1) is 0 Å². The topological polar surface area (TPSA) is 48.5 Å². The molecule has 22 heavy (non-hydrogen) atoms. The van der Waals surface area contributed by atoms with Gasteiger partial charge in [0.15, 0.2) is 0 Å². The van der Waals surface area contributed by atoms with E-state index in [4.69, 9.17) is 0 Å². The predicted molar refractivity (Wildman–Crippen MR) is 77.4 cm³/mol. The van der Waals surface area contributed by atoms with Gasteiger partial charge in [-0.15, -0.1) is 0 Å². The molecule has 1 aromatic heterocycles. The van der Waals surface area contributed by atoms with Gasteiger partial charge < -0.3 is 4.90 Å². The normalized spacial score (nSPS) is 25.4. The van der Waals surface area contributed by atoms with Crippen molar-refractivity contribution in [3.8, 4) is 0 Å². The number of nitrogens with one attached hydrogen (secondary N) is 1. The summed E-state index contributed by atoms with van der Waals surface area (Å²) in [7, 11) is 0. The zero-order valence-electron chi connectivity index (χ0n) is 12.3. The molecule has 2 saturated heterocycles. The average molecular weight is 310 g/mol. The Balaban J connectivity index is 1.48. The largest absolute Gasteiger partial charge is 0.339 e. The van der Waals surface area contributed by atoms with Gasteiger partial charge in [0.05, 0.1) is 18.3 Å². The molecule has 3 rings (SSSR count). The third-order valence-electron chi connectivity index (χ3n) is 4.20. The van der Waals surface area contributed by atoms with Crippen LogP contribution in [0.3, 0.4) is 0 Å². The number of rotatable bonds is 3. The second-order valence-corrected chi connectivity index (χ2v) is 5.92. The molecule has 5 nitrogen and oxygen atoms in total. The third-order valence-corrected chi connectivity index (χ3v) is 4.20. The molecule has 0 aliphatic carbocycles. The van der Waals surface area contributed by atoms with Gasteiger partial charge in [-0.1, -0.05) is 6.07 Å². The third kappa shape index (κ3) is 3.59. The van der Waals surface area contributed by atoms with E-state index in [2.05, 4.69) is 15.2 Å². The number of hydrogen-bond donors (Lipinski definition) is 1. The van der Waals surface area contributed by atoms with Crippen LogP contribution in [0.1, 0.15) is 12.1 Å². The minimum atomic E-state index is -2.76. The minimum absolute atomic E-state index is 0.199. The molecule has 2 aliphatic heterocycles. The summed E-state index contributed by atoms with van der Waals surface area (Å²) in [6, 6.07) is 5.07. The van der Waals surface area contributed by atoms with Crippen LogP contribution in [0.15, 0.2) is 24.4 Å². The van der Waals surface area contributed by atoms with E-state index in [9.17, 15) is 13.6 Å². The van der Waals surface area contributed by atoms with Crippen molar-refractivity contribution in [1.82, 2.24) is 20.1 Å². The zero-order valence-corrected chi connectivity index (χ0v) is 12.3. The highest BCUT2D eigenvalue weighted by Crippen LogP contribution is 2.26. The summed E-state index contributed by atoms with van der Waals surface area (Å²) in [6.45, 7) is 2.99. The number of piperazine rings is 1. The fourth-order valence-electron chi connectivity index (χ4n) is 2.96. The van der Waals surface area contributed by atoms with Crippen molar-refractivity contribution in [1.29, 1.82) is 0 Å². The van der Waals surface area contributed by atoms with Crippen LogP contribution in [-0.4, -0.2) is 65.4 Å². The lowest BCUT2D eigenvalue weighted by atomic mass is 10.1. The minimum Gasteiger partial charge on any atom is -0.339 e. The Hall–Kier alpha value is -1.60. The van der Waals surface area contributed by atoms with Crippen LogP contribution in [0.25, 0.3) is 0 Å². The molecular weight excluding hydrogens is 290 g/mol. The Bertz CT molecular complexity index is 518. The van der Waals surface area contributed by atoms with Gasteiger partial charge in [0.1, 0.15) is 0 Å². The molecule has 0 spiro atoms. The lowest BCUT2D eigenvalue weighted by molar-refractivity contribution is -0.135. The van der Waals surface area contributed by atoms with Crippen molar-refractivity contribution in [2.75, 3.05) is 32.7 Å². The van der Waals surface area contributed by atoms with E-state index < -0.39 is 18.5 Å². The van der Waals surface area contributed by atoms with Gasteiger partial charge in [-0.2, -0.15) is 0 Å². The Kier molecular flexibility index (Phi) is 4.35. The molecule has 1 amide bonds. The smallest absolute Gasteiger partial charge is 0.262 e. The summed E-state index contributed by atoms with van der Waals surface area (Å²) in [5.41, 5.74) is 0.999. The Morgan fingerprint density at radius 2 is 2.09 bits per heavy atom. The number of alkyl halides is 2. The van der Waals surface area contributed by atoms with E-state index in [0.29, 0.717) is 13.1 Å². The highest BCUT2D eigenvalue weighted by atomic mass is 19.3. The highest BCUT2D eigenvalue weighted by molar-refractivity contribution is 5.82. The first kappa shape index (κ1) is 15.3. The fourth-order valence-corrected chi connectivity index (χ4v) is 2.96. The number of carbonyl (C=O) groups excluding carboxylic acids is 1. The molecule has 0 radical (unpaired) electrons. The standard InChI is InChI=1S/C15H20F2N4O/c16-15(17)9-13(19-11-15)14(22)21-7-5-20(6-8-21)10-12-3-1-2-4-18-12/h1-4,13,19H,5-11H2. The SMILES string of the molecule is O=C(C1CC(F)(F)CN1)N1CCN(Cc2ccccn2)CC1. The van der Waals surface area contributed by atoms with E-state index in [1.807, 2.05) is 18.2 Å².